The van der Waals surface area contributed by atoms with Crippen molar-refractivity contribution in [2.75, 3.05) is 5.32 Å². The van der Waals surface area contributed by atoms with Crippen molar-refractivity contribution in [1.29, 1.82) is 0 Å². The Morgan fingerprint density at radius 1 is 1.44 bits per heavy atom. The van der Waals surface area contributed by atoms with Gasteiger partial charge in [-0.05, 0) is 24.6 Å². The quantitative estimate of drug-likeness (QED) is 0.840. The molecule has 0 spiro atoms. The molecule has 2 aromatic rings. The number of benzene rings is 1. The Hall–Kier alpha value is -1.62. The Balaban J connectivity index is 2.22. The molecule has 2 rings (SSSR count). The highest BCUT2D eigenvalue weighted by molar-refractivity contribution is 6.16. The second kappa shape index (κ2) is 4.49. The maximum atomic E-state index is 13.0. The van der Waals surface area contributed by atoms with Crippen LogP contribution in [0.25, 0.3) is 0 Å². The van der Waals surface area contributed by atoms with Gasteiger partial charge in [-0.3, -0.25) is 0 Å². The van der Waals surface area contributed by atoms with Crippen molar-refractivity contribution in [3.8, 4) is 0 Å². The highest BCUT2D eigenvalue weighted by Crippen LogP contribution is 2.20. The van der Waals surface area contributed by atoms with E-state index in [4.69, 9.17) is 16.0 Å². The Morgan fingerprint density at radius 2 is 2.25 bits per heavy atom. The number of rotatable bonds is 3. The number of hydrogen-bond acceptors (Lipinski definition) is 4. The number of hydrogen-bond donors (Lipinski definition) is 1. The molecule has 0 saturated carbocycles. The number of aromatic nitrogens is 2. The maximum absolute atomic E-state index is 13.0. The molecule has 84 valence electrons. The molecular weight excluding hydrogens is 233 g/mol. The zero-order chi connectivity index (χ0) is 11.5. The highest BCUT2D eigenvalue weighted by Gasteiger charge is 2.07. The summed E-state index contributed by atoms with van der Waals surface area (Å²) in [5, 5.41) is 10.2. The number of nitrogens with one attached hydrogen (secondary N) is 1. The minimum atomic E-state index is -0.329. The van der Waals surface area contributed by atoms with Crippen LogP contribution in [0.1, 0.15) is 11.5 Å². The van der Waals surface area contributed by atoms with Gasteiger partial charge in [0.1, 0.15) is 11.7 Å². The lowest BCUT2D eigenvalue weighted by molar-refractivity contribution is 0.530. The van der Waals surface area contributed by atoms with Crippen LogP contribution in [-0.4, -0.2) is 10.2 Å². The van der Waals surface area contributed by atoms with E-state index in [2.05, 4.69) is 15.5 Å². The minimum Gasteiger partial charge on any atom is -0.407 e. The van der Waals surface area contributed by atoms with Crippen molar-refractivity contribution < 1.29 is 8.81 Å². The topological polar surface area (TPSA) is 51.0 Å². The van der Waals surface area contributed by atoms with Gasteiger partial charge in [0.15, 0.2) is 0 Å². The second-order valence-electron chi connectivity index (χ2n) is 3.22. The second-order valence-corrected chi connectivity index (χ2v) is 3.49. The lowest BCUT2D eigenvalue weighted by Gasteiger charge is -2.04. The van der Waals surface area contributed by atoms with Crippen LogP contribution in [0.3, 0.4) is 0 Å². The summed E-state index contributed by atoms with van der Waals surface area (Å²) in [5.74, 6) is 0.139. The molecule has 0 radical (unpaired) electrons. The average molecular weight is 242 g/mol. The first kappa shape index (κ1) is 10.9. The van der Waals surface area contributed by atoms with Gasteiger partial charge in [-0.15, -0.1) is 16.7 Å². The molecule has 16 heavy (non-hydrogen) atoms. The van der Waals surface area contributed by atoms with Crippen molar-refractivity contribution in [1.82, 2.24) is 10.2 Å². The summed E-state index contributed by atoms with van der Waals surface area (Å²) in [6.07, 6.45) is 0. The lowest BCUT2D eigenvalue weighted by atomic mass is 10.2. The third-order valence-corrected chi connectivity index (χ3v) is 2.25. The molecule has 0 bridgehead atoms. The van der Waals surface area contributed by atoms with E-state index < -0.39 is 0 Å². The molecule has 0 aliphatic carbocycles. The summed E-state index contributed by atoms with van der Waals surface area (Å²) in [5.41, 5.74) is 1.47. The Kier molecular flexibility index (Phi) is 3.05. The summed E-state index contributed by atoms with van der Waals surface area (Å²) in [6, 6.07) is 4.61. The van der Waals surface area contributed by atoms with Gasteiger partial charge in [-0.2, -0.15) is 0 Å². The predicted molar refractivity (Wildman–Crippen MR) is 58.3 cm³/mol. The molecule has 6 heteroatoms. The fourth-order valence-electron chi connectivity index (χ4n) is 1.20. The first-order chi connectivity index (χ1) is 7.69. The molecule has 1 aromatic heterocycles. The predicted octanol–water partition coefficient (Wildman–Crippen LogP) is 3.00. The molecule has 0 aliphatic heterocycles. The molecule has 1 heterocycles. The van der Waals surface area contributed by atoms with Crippen LogP contribution in [0, 0.1) is 12.7 Å². The fraction of sp³-hybridized carbons (Fsp3) is 0.200. The van der Waals surface area contributed by atoms with Crippen molar-refractivity contribution >= 4 is 23.3 Å². The van der Waals surface area contributed by atoms with E-state index in [0.29, 0.717) is 11.6 Å². The molecule has 1 aromatic carbocycles. The van der Waals surface area contributed by atoms with Gasteiger partial charge >= 0.3 is 6.01 Å². The molecule has 0 saturated heterocycles. The standard InChI is InChI=1S/C10H9ClFN3O/c1-6-2-3-7(12)4-8(6)13-10-15-14-9(5-11)16-10/h2-4H,5H2,1H3,(H,13,15). The van der Waals surface area contributed by atoms with Gasteiger partial charge in [-0.25, -0.2) is 4.39 Å². The molecule has 0 amide bonds. The largest absolute Gasteiger partial charge is 0.407 e. The van der Waals surface area contributed by atoms with Crippen LogP contribution in [0.4, 0.5) is 16.1 Å². The van der Waals surface area contributed by atoms with Crippen LogP contribution in [0.15, 0.2) is 22.6 Å². The third-order valence-electron chi connectivity index (χ3n) is 2.02. The Bertz CT molecular complexity index is 501. The number of halogens is 2. The van der Waals surface area contributed by atoms with E-state index in [0.717, 1.165) is 5.56 Å². The molecule has 0 fully saturated rings. The van der Waals surface area contributed by atoms with Gasteiger partial charge < -0.3 is 9.73 Å². The van der Waals surface area contributed by atoms with Gasteiger partial charge in [0.2, 0.25) is 5.89 Å². The molecule has 0 aliphatic rings. The number of nitrogens with zero attached hydrogens (tertiary/aromatic N) is 2. The highest BCUT2D eigenvalue weighted by atomic mass is 35.5. The SMILES string of the molecule is Cc1ccc(F)cc1Nc1nnc(CCl)o1. The van der Waals surface area contributed by atoms with Gasteiger partial charge in [0.05, 0.1) is 0 Å². The Labute approximate surface area is 96.4 Å². The molecular formula is C10H9ClFN3O. The van der Waals surface area contributed by atoms with Crippen molar-refractivity contribution in [2.24, 2.45) is 0 Å². The van der Waals surface area contributed by atoms with E-state index in [9.17, 15) is 4.39 Å². The zero-order valence-corrected chi connectivity index (χ0v) is 9.25. The molecule has 0 unspecified atom stereocenters. The van der Waals surface area contributed by atoms with Crippen LogP contribution in [0.2, 0.25) is 0 Å². The number of anilines is 2. The van der Waals surface area contributed by atoms with E-state index in [1.807, 2.05) is 6.92 Å². The van der Waals surface area contributed by atoms with Crippen molar-refractivity contribution in [2.45, 2.75) is 12.8 Å². The number of alkyl halides is 1. The summed E-state index contributed by atoms with van der Waals surface area (Å²) in [7, 11) is 0. The average Bonchev–Trinajstić information content (AvgIpc) is 2.71. The lowest BCUT2D eigenvalue weighted by Crippen LogP contribution is -1.94. The first-order valence-corrected chi connectivity index (χ1v) is 5.14. The van der Waals surface area contributed by atoms with Crippen molar-refractivity contribution in [3.63, 3.8) is 0 Å². The summed E-state index contributed by atoms with van der Waals surface area (Å²) < 4.78 is 18.1. The molecule has 1 N–H and O–H groups in total. The van der Waals surface area contributed by atoms with Crippen LogP contribution in [0.5, 0.6) is 0 Å². The maximum Gasteiger partial charge on any atom is 0.320 e. The summed E-state index contributed by atoms with van der Waals surface area (Å²) >= 11 is 5.52. The van der Waals surface area contributed by atoms with Crippen molar-refractivity contribution in [3.05, 3.63) is 35.5 Å². The summed E-state index contributed by atoms with van der Waals surface area (Å²) in [6.45, 7) is 1.85. The van der Waals surface area contributed by atoms with Gasteiger partial charge in [0.25, 0.3) is 0 Å². The minimum absolute atomic E-state index is 0.150. The summed E-state index contributed by atoms with van der Waals surface area (Å²) in [4.78, 5) is 0. The Morgan fingerprint density at radius 3 is 2.94 bits per heavy atom. The van der Waals surface area contributed by atoms with Gasteiger partial charge in [0, 0.05) is 5.69 Å². The van der Waals surface area contributed by atoms with Crippen LogP contribution >= 0.6 is 11.6 Å². The zero-order valence-electron chi connectivity index (χ0n) is 8.50. The monoisotopic (exact) mass is 241 g/mol. The van der Waals surface area contributed by atoms with E-state index >= 15 is 0 Å². The normalized spacial score (nSPS) is 10.4. The van der Waals surface area contributed by atoms with Gasteiger partial charge in [-0.1, -0.05) is 11.2 Å². The van der Waals surface area contributed by atoms with Crippen LogP contribution in [-0.2, 0) is 5.88 Å². The van der Waals surface area contributed by atoms with E-state index in [1.54, 1.807) is 6.07 Å². The molecule has 4 nitrogen and oxygen atoms in total. The molecule has 0 atom stereocenters. The number of aryl methyl sites for hydroxylation is 1. The smallest absolute Gasteiger partial charge is 0.320 e. The fourth-order valence-corrected chi connectivity index (χ4v) is 1.31. The third kappa shape index (κ3) is 2.30. The van der Waals surface area contributed by atoms with E-state index in [1.165, 1.54) is 12.1 Å². The van der Waals surface area contributed by atoms with Crippen LogP contribution < -0.4 is 5.32 Å². The van der Waals surface area contributed by atoms with E-state index in [-0.39, 0.29) is 17.7 Å². The first-order valence-electron chi connectivity index (χ1n) is 4.60.